The van der Waals surface area contributed by atoms with Crippen molar-refractivity contribution in [1.82, 2.24) is 0 Å². The summed E-state index contributed by atoms with van der Waals surface area (Å²) in [5.41, 5.74) is 4.59. The van der Waals surface area contributed by atoms with Gasteiger partial charge < -0.3 is 9.47 Å². The Morgan fingerprint density at radius 2 is 1.62 bits per heavy atom. The van der Waals surface area contributed by atoms with Crippen molar-refractivity contribution >= 4 is 23.2 Å². The lowest BCUT2D eigenvalue weighted by Crippen LogP contribution is -1.95. The number of benzene rings is 2. The molecular weight excluding hydrogens is 307 g/mol. The number of ether oxygens (including phenoxy) is 2. The van der Waals surface area contributed by atoms with Gasteiger partial charge in [-0.3, -0.25) is 0 Å². The molecule has 2 nitrogen and oxygen atoms in total. The maximum atomic E-state index is 6.51. The Balaban J connectivity index is 2.30. The van der Waals surface area contributed by atoms with E-state index in [1.54, 1.807) is 20.3 Å². The molecular formula is C17H16Cl2O2. The summed E-state index contributed by atoms with van der Waals surface area (Å²) in [6.45, 7) is 0. The molecule has 0 unspecified atom stereocenters. The van der Waals surface area contributed by atoms with Gasteiger partial charge in [0.2, 0.25) is 0 Å². The Labute approximate surface area is 134 Å². The first kappa shape index (κ1) is 14.6. The first-order valence-corrected chi connectivity index (χ1v) is 7.64. The molecule has 0 aliphatic heterocycles. The summed E-state index contributed by atoms with van der Waals surface area (Å²) in [4.78, 5) is 0. The minimum Gasteiger partial charge on any atom is -0.495 e. The highest BCUT2D eigenvalue weighted by Crippen LogP contribution is 2.47. The largest absolute Gasteiger partial charge is 0.495 e. The average molecular weight is 323 g/mol. The van der Waals surface area contributed by atoms with Gasteiger partial charge in [-0.1, -0.05) is 41.4 Å². The zero-order chi connectivity index (χ0) is 15.0. The van der Waals surface area contributed by atoms with Gasteiger partial charge in [0.15, 0.2) is 0 Å². The van der Waals surface area contributed by atoms with Gasteiger partial charge in [-0.05, 0) is 36.0 Å². The first-order valence-electron chi connectivity index (χ1n) is 6.88. The minimum atomic E-state index is 0.531. The Bertz CT molecular complexity index is 667. The molecule has 0 bridgehead atoms. The Hall–Kier alpha value is -1.38. The molecule has 3 rings (SSSR count). The molecule has 2 aromatic carbocycles. The summed E-state index contributed by atoms with van der Waals surface area (Å²) in [6.07, 6.45) is 3.33. The van der Waals surface area contributed by atoms with Crippen LogP contribution in [0.25, 0.3) is 11.1 Å². The second-order valence-electron chi connectivity index (χ2n) is 5.08. The SMILES string of the molecule is COc1cc(OC)c(Cl)c(-c2cccc3c2CCC3)c1Cl. The van der Waals surface area contributed by atoms with Crippen LogP contribution in [-0.2, 0) is 12.8 Å². The van der Waals surface area contributed by atoms with Crippen molar-refractivity contribution in [2.45, 2.75) is 19.3 Å². The van der Waals surface area contributed by atoms with Crippen LogP contribution in [0, 0.1) is 0 Å². The standard InChI is InChI=1S/C17H16Cl2O2/c1-20-13-9-14(21-2)17(19)15(16(13)18)12-8-4-6-10-5-3-7-11(10)12/h4,6,8-9H,3,5,7H2,1-2H3. The molecule has 0 atom stereocenters. The number of hydrogen-bond donors (Lipinski definition) is 0. The fraction of sp³-hybridized carbons (Fsp3) is 0.294. The topological polar surface area (TPSA) is 18.5 Å². The molecule has 0 amide bonds. The van der Waals surface area contributed by atoms with Crippen LogP contribution in [0.4, 0.5) is 0 Å². The van der Waals surface area contributed by atoms with E-state index < -0.39 is 0 Å². The molecule has 21 heavy (non-hydrogen) atoms. The van der Waals surface area contributed by atoms with Crippen LogP contribution in [0.1, 0.15) is 17.5 Å². The van der Waals surface area contributed by atoms with Crippen molar-refractivity contribution in [1.29, 1.82) is 0 Å². The predicted molar refractivity (Wildman–Crippen MR) is 87.0 cm³/mol. The highest BCUT2D eigenvalue weighted by molar-refractivity contribution is 6.41. The highest BCUT2D eigenvalue weighted by Gasteiger charge is 2.23. The van der Waals surface area contributed by atoms with E-state index in [0.29, 0.717) is 21.5 Å². The van der Waals surface area contributed by atoms with Crippen LogP contribution in [0.5, 0.6) is 11.5 Å². The summed E-state index contributed by atoms with van der Waals surface area (Å²) in [5, 5.41) is 1.06. The summed E-state index contributed by atoms with van der Waals surface area (Å²) >= 11 is 13.0. The normalized spacial score (nSPS) is 13.1. The second-order valence-corrected chi connectivity index (χ2v) is 5.84. The van der Waals surface area contributed by atoms with Gasteiger partial charge >= 0.3 is 0 Å². The third-order valence-electron chi connectivity index (χ3n) is 3.99. The summed E-state index contributed by atoms with van der Waals surface area (Å²) in [7, 11) is 3.18. The molecule has 110 valence electrons. The number of hydrogen-bond acceptors (Lipinski definition) is 2. The fourth-order valence-corrected chi connectivity index (χ4v) is 3.68. The molecule has 0 aromatic heterocycles. The zero-order valence-electron chi connectivity index (χ0n) is 12.0. The van der Waals surface area contributed by atoms with Crippen LogP contribution in [-0.4, -0.2) is 14.2 Å². The van der Waals surface area contributed by atoms with E-state index in [-0.39, 0.29) is 0 Å². The van der Waals surface area contributed by atoms with Crippen molar-refractivity contribution in [2.75, 3.05) is 14.2 Å². The Morgan fingerprint density at radius 1 is 0.952 bits per heavy atom. The molecule has 0 spiro atoms. The van der Waals surface area contributed by atoms with E-state index in [1.807, 2.05) is 0 Å². The van der Waals surface area contributed by atoms with Crippen molar-refractivity contribution in [3.63, 3.8) is 0 Å². The van der Waals surface area contributed by atoms with Gasteiger partial charge in [0.1, 0.15) is 11.5 Å². The van der Waals surface area contributed by atoms with Gasteiger partial charge in [0.05, 0.1) is 24.3 Å². The minimum absolute atomic E-state index is 0.531. The Morgan fingerprint density at radius 3 is 2.24 bits per heavy atom. The van der Waals surface area contributed by atoms with Crippen molar-refractivity contribution in [3.8, 4) is 22.6 Å². The maximum Gasteiger partial charge on any atom is 0.141 e. The number of rotatable bonds is 3. The summed E-state index contributed by atoms with van der Waals surface area (Å²) < 4.78 is 10.7. The van der Waals surface area contributed by atoms with Crippen LogP contribution >= 0.6 is 23.2 Å². The number of aryl methyl sites for hydroxylation is 1. The van der Waals surface area contributed by atoms with Gasteiger partial charge in [-0.2, -0.15) is 0 Å². The predicted octanol–water partition coefficient (Wildman–Crippen LogP) is 5.17. The molecule has 1 aliphatic rings. The molecule has 2 aromatic rings. The van der Waals surface area contributed by atoms with E-state index >= 15 is 0 Å². The third-order valence-corrected chi connectivity index (χ3v) is 4.74. The lowest BCUT2D eigenvalue weighted by Gasteiger charge is -2.17. The molecule has 0 N–H and O–H groups in total. The summed E-state index contributed by atoms with van der Waals surface area (Å²) in [6, 6.07) is 8.01. The van der Waals surface area contributed by atoms with E-state index in [9.17, 15) is 0 Å². The van der Waals surface area contributed by atoms with Gasteiger partial charge in [0, 0.05) is 11.6 Å². The van der Waals surface area contributed by atoms with Crippen LogP contribution in [0.15, 0.2) is 24.3 Å². The molecule has 0 saturated carbocycles. The van der Waals surface area contributed by atoms with Crippen molar-refractivity contribution in [3.05, 3.63) is 45.4 Å². The van der Waals surface area contributed by atoms with Crippen LogP contribution < -0.4 is 9.47 Å². The number of fused-ring (bicyclic) bond motifs is 1. The molecule has 0 saturated heterocycles. The molecule has 1 aliphatic carbocycles. The second kappa shape index (κ2) is 5.78. The first-order chi connectivity index (χ1) is 10.2. The monoisotopic (exact) mass is 322 g/mol. The zero-order valence-corrected chi connectivity index (χ0v) is 13.5. The summed E-state index contributed by atoms with van der Waals surface area (Å²) in [5.74, 6) is 1.15. The van der Waals surface area contributed by atoms with E-state index in [1.165, 1.54) is 17.5 Å². The molecule has 0 radical (unpaired) electrons. The quantitative estimate of drug-likeness (QED) is 0.776. The highest BCUT2D eigenvalue weighted by atomic mass is 35.5. The third kappa shape index (κ3) is 2.37. The fourth-order valence-electron chi connectivity index (χ4n) is 2.98. The van der Waals surface area contributed by atoms with Crippen molar-refractivity contribution < 1.29 is 9.47 Å². The van der Waals surface area contributed by atoms with Crippen molar-refractivity contribution in [2.24, 2.45) is 0 Å². The number of methoxy groups -OCH3 is 2. The molecule has 0 heterocycles. The average Bonchev–Trinajstić information content (AvgIpc) is 2.97. The van der Waals surface area contributed by atoms with E-state index in [2.05, 4.69) is 18.2 Å². The van der Waals surface area contributed by atoms with E-state index in [0.717, 1.165) is 24.0 Å². The van der Waals surface area contributed by atoms with Crippen LogP contribution in [0.3, 0.4) is 0 Å². The van der Waals surface area contributed by atoms with Gasteiger partial charge in [-0.25, -0.2) is 0 Å². The smallest absolute Gasteiger partial charge is 0.141 e. The van der Waals surface area contributed by atoms with E-state index in [4.69, 9.17) is 32.7 Å². The lowest BCUT2D eigenvalue weighted by atomic mass is 9.96. The van der Waals surface area contributed by atoms with Gasteiger partial charge in [0.25, 0.3) is 0 Å². The van der Waals surface area contributed by atoms with Gasteiger partial charge in [-0.15, -0.1) is 0 Å². The molecule has 0 fully saturated rings. The molecule has 4 heteroatoms. The Kier molecular flexibility index (Phi) is 4.01. The lowest BCUT2D eigenvalue weighted by molar-refractivity contribution is 0.395. The van der Waals surface area contributed by atoms with Crippen LogP contribution in [0.2, 0.25) is 10.0 Å². The maximum absolute atomic E-state index is 6.51. The number of halogens is 2.